The number of carboxylic acids is 1. The van der Waals surface area contributed by atoms with Crippen LogP contribution in [0, 0.1) is 18.8 Å². The van der Waals surface area contributed by atoms with E-state index in [0.29, 0.717) is 30.0 Å². The summed E-state index contributed by atoms with van der Waals surface area (Å²) in [5.41, 5.74) is 2.04. The molecule has 0 aliphatic heterocycles. The molecule has 7 nitrogen and oxygen atoms in total. The van der Waals surface area contributed by atoms with Crippen LogP contribution in [-0.4, -0.2) is 38.3 Å². The van der Waals surface area contributed by atoms with Crippen molar-refractivity contribution in [3.05, 3.63) is 53.9 Å². The maximum Gasteiger partial charge on any atom is 0.306 e. The highest BCUT2D eigenvalue weighted by atomic mass is 16.4. The smallest absolute Gasteiger partial charge is 0.306 e. The second-order valence-corrected chi connectivity index (χ2v) is 7.62. The lowest BCUT2D eigenvalue weighted by Crippen LogP contribution is -2.37. The van der Waals surface area contributed by atoms with Gasteiger partial charge in [0.25, 0.3) is 5.91 Å². The fourth-order valence-corrected chi connectivity index (χ4v) is 4.13. The number of amides is 1. The first-order chi connectivity index (χ1) is 14.0. The molecule has 0 spiro atoms. The molecule has 29 heavy (non-hydrogen) atoms. The molecule has 7 heteroatoms. The van der Waals surface area contributed by atoms with Crippen LogP contribution in [0.3, 0.4) is 0 Å². The molecule has 4 rings (SSSR count). The van der Waals surface area contributed by atoms with Gasteiger partial charge in [-0.2, -0.15) is 5.10 Å². The van der Waals surface area contributed by atoms with E-state index in [-0.39, 0.29) is 17.7 Å². The molecule has 150 valence electrons. The lowest BCUT2D eigenvalue weighted by Gasteiger charge is -2.28. The van der Waals surface area contributed by atoms with Crippen LogP contribution in [-0.2, 0) is 4.79 Å². The van der Waals surface area contributed by atoms with Crippen molar-refractivity contribution in [2.45, 2.75) is 32.6 Å². The maximum absolute atomic E-state index is 12.7. The summed E-state index contributed by atoms with van der Waals surface area (Å²) < 4.78 is 1.65. The van der Waals surface area contributed by atoms with Crippen molar-refractivity contribution >= 4 is 22.8 Å². The van der Waals surface area contributed by atoms with Crippen molar-refractivity contribution in [3.63, 3.8) is 0 Å². The number of hydrogen-bond acceptors (Lipinski definition) is 4. The van der Waals surface area contributed by atoms with E-state index in [1.54, 1.807) is 4.68 Å². The Morgan fingerprint density at radius 2 is 1.97 bits per heavy atom. The molecule has 1 fully saturated rings. The van der Waals surface area contributed by atoms with E-state index < -0.39 is 5.97 Å². The van der Waals surface area contributed by atoms with Crippen LogP contribution < -0.4 is 5.32 Å². The molecule has 1 aromatic carbocycles. The van der Waals surface area contributed by atoms with Crippen molar-refractivity contribution in [2.24, 2.45) is 11.8 Å². The first kappa shape index (κ1) is 19.1. The minimum atomic E-state index is -0.768. The molecule has 2 N–H and O–H groups in total. The van der Waals surface area contributed by atoms with Crippen LogP contribution in [0.4, 0.5) is 0 Å². The van der Waals surface area contributed by atoms with E-state index in [9.17, 15) is 14.7 Å². The van der Waals surface area contributed by atoms with Gasteiger partial charge >= 0.3 is 5.97 Å². The second-order valence-electron chi connectivity index (χ2n) is 7.62. The Kier molecular flexibility index (Phi) is 5.29. The molecule has 0 radical (unpaired) electrons. The monoisotopic (exact) mass is 392 g/mol. The van der Waals surface area contributed by atoms with E-state index >= 15 is 0 Å². The molecule has 2 aromatic heterocycles. The summed E-state index contributed by atoms with van der Waals surface area (Å²) in [4.78, 5) is 28.8. The van der Waals surface area contributed by atoms with E-state index in [2.05, 4.69) is 15.4 Å². The maximum atomic E-state index is 12.7. The third-order valence-corrected chi connectivity index (χ3v) is 5.81. The second kappa shape index (κ2) is 8.03. The normalized spacial score (nSPS) is 19.2. The Morgan fingerprint density at radius 3 is 2.79 bits per heavy atom. The third kappa shape index (κ3) is 3.85. The number of fused-ring (bicyclic) bond motifs is 1. The van der Waals surface area contributed by atoms with E-state index in [1.165, 1.54) is 6.20 Å². The van der Waals surface area contributed by atoms with Crippen LogP contribution in [0.5, 0.6) is 0 Å². The lowest BCUT2D eigenvalue weighted by atomic mass is 9.79. The van der Waals surface area contributed by atoms with Crippen LogP contribution in [0.25, 0.3) is 16.7 Å². The summed E-state index contributed by atoms with van der Waals surface area (Å²) in [5, 5.41) is 17.7. The van der Waals surface area contributed by atoms with Gasteiger partial charge in [-0.1, -0.05) is 31.0 Å². The predicted octanol–water partition coefficient (Wildman–Crippen LogP) is 3.35. The molecule has 2 heterocycles. The average molecular weight is 392 g/mol. The number of benzene rings is 1. The number of carboxylic acid groups (broad SMARTS) is 1. The molecule has 1 aliphatic carbocycles. The number of carbonyl (C=O) groups is 2. The summed E-state index contributed by atoms with van der Waals surface area (Å²) in [7, 11) is 0. The summed E-state index contributed by atoms with van der Waals surface area (Å²) in [6, 6.07) is 11.7. The number of hydrogen-bond donors (Lipinski definition) is 2. The Balaban J connectivity index is 1.50. The predicted molar refractivity (Wildman–Crippen MR) is 109 cm³/mol. The molecule has 0 saturated heterocycles. The van der Waals surface area contributed by atoms with Crippen molar-refractivity contribution in [1.82, 2.24) is 20.1 Å². The first-order valence-corrected chi connectivity index (χ1v) is 9.96. The quantitative estimate of drug-likeness (QED) is 0.694. The van der Waals surface area contributed by atoms with Gasteiger partial charge in [-0.3, -0.25) is 9.59 Å². The fourth-order valence-electron chi connectivity index (χ4n) is 4.13. The number of aromatic nitrogens is 3. The standard InChI is InChI=1S/C22H24N4O3/c1-14-18(21(27)23-12-16-7-2-4-8-17(16)22(28)29)13-24-26(14)20-11-10-15-6-3-5-9-19(15)25-20/h3,5-6,9-11,13,16-17H,2,4,7-8,12H2,1H3,(H,23,27)(H,28,29)/t16-,17-/m0/s1. The number of rotatable bonds is 5. The molecule has 1 amide bonds. The minimum absolute atomic E-state index is 0.0253. The van der Waals surface area contributed by atoms with Crippen LogP contribution >= 0.6 is 0 Å². The van der Waals surface area contributed by atoms with Gasteiger partial charge in [0.2, 0.25) is 0 Å². The van der Waals surface area contributed by atoms with Gasteiger partial charge in [-0.25, -0.2) is 9.67 Å². The first-order valence-electron chi connectivity index (χ1n) is 9.96. The zero-order valence-corrected chi connectivity index (χ0v) is 16.3. The molecular weight excluding hydrogens is 368 g/mol. The van der Waals surface area contributed by atoms with Crippen molar-refractivity contribution in [1.29, 1.82) is 0 Å². The number of para-hydroxylation sites is 1. The number of nitrogens with one attached hydrogen (secondary N) is 1. The van der Waals surface area contributed by atoms with Gasteiger partial charge < -0.3 is 10.4 Å². The molecule has 1 aliphatic rings. The van der Waals surface area contributed by atoms with Gasteiger partial charge in [0.15, 0.2) is 5.82 Å². The highest BCUT2D eigenvalue weighted by molar-refractivity contribution is 5.95. The van der Waals surface area contributed by atoms with E-state index in [4.69, 9.17) is 0 Å². The average Bonchev–Trinajstić information content (AvgIpc) is 3.13. The molecule has 0 bridgehead atoms. The molecule has 2 atom stereocenters. The van der Waals surface area contributed by atoms with Gasteiger partial charge in [0, 0.05) is 11.9 Å². The number of carbonyl (C=O) groups excluding carboxylic acids is 1. The molecule has 0 unspecified atom stereocenters. The summed E-state index contributed by atoms with van der Waals surface area (Å²) >= 11 is 0. The Labute approximate surface area is 168 Å². The number of aliphatic carboxylic acids is 1. The fraction of sp³-hybridized carbons (Fsp3) is 0.364. The SMILES string of the molecule is Cc1c(C(=O)NC[C@@H]2CCCC[C@@H]2C(=O)O)cnn1-c1ccc2ccccc2n1. The van der Waals surface area contributed by atoms with E-state index in [0.717, 1.165) is 30.2 Å². The Bertz CT molecular complexity index is 1060. The van der Waals surface area contributed by atoms with Crippen LogP contribution in [0.15, 0.2) is 42.6 Å². The summed E-state index contributed by atoms with van der Waals surface area (Å²) in [5.74, 6) is -0.754. The Morgan fingerprint density at radius 1 is 1.17 bits per heavy atom. The largest absolute Gasteiger partial charge is 0.481 e. The molecule has 3 aromatic rings. The molecule has 1 saturated carbocycles. The van der Waals surface area contributed by atoms with Gasteiger partial charge in [0.1, 0.15) is 0 Å². The van der Waals surface area contributed by atoms with Gasteiger partial charge in [-0.05, 0) is 43.9 Å². The van der Waals surface area contributed by atoms with E-state index in [1.807, 2.05) is 43.3 Å². The molecular formula is C22H24N4O3. The highest BCUT2D eigenvalue weighted by Crippen LogP contribution is 2.29. The zero-order valence-electron chi connectivity index (χ0n) is 16.3. The van der Waals surface area contributed by atoms with Crippen molar-refractivity contribution in [3.8, 4) is 5.82 Å². The van der Waals surface area contributed by atoms with Gasteiger partial charge in [-0.15, -0.1) is 0 Å². The number of nitrogens with zero attached hydrogens (tertiary/aromatic N) is 3. The van der Waals surface area contributed by atoms with Crippen LogP contribution in [0.1, 0.15) is 41.7 Å². The topological polar surface area (TPSA) is 97.1 Å². The minimum Gasteiger partial charge on any atom is -0.481 e. The number of pyridine rings is 1. The Hall–Kier alpha value is -3.22. The highest BCUT2D eigenvalue weighted by Gasteiger charge is 2.31. The third-order valence-electron chi connectivity index (χ3n) is 5.81. The summed E-state index contributed by atoms with van der Waals surface area (Å²) in [6.07, 6.45) is 5.00. The van der Waals surface area contributed by atoms with Crippen molar-refractivity contribution < 1.29 is 14.7 Å². The van der Waals surface area contributed by atoms with Crippen LogP contribution in [0.2, 0.25) is 0 Å². The summed E-state index contributed by atoms with van der Waals surface area (Å²) in [6.45, 7) is 2.20. The zero-order chi connectivity index (χ0) is 20.4. The lowest BCUT2D eigenvalue weighted by molar-refractivity contribution is -0.144. The van der Waals surface area contributed by atoms with Crippen molar-refractivity contribution in [2.75, 3.05) is 6.54 Å². The van der Waals surface area contributed by atoms with Gasteiger partial charge in [0.05, 0.1) is 28.9 Å².